The first-order valence-electron chi connectivity index (χ1n) is 8.28. The predicted molar refractivity (Wildman–Crippen MR) is 85.4 cm³/mol. The van der Waals surface area contributed by atoms with Gasteiger partial charge in [-0.2, -0.15) is 0 Å². The minimum Gasteiger partial charge on any atom is -0.338 e. The third kappa shape index (κ3) is 4.14. The number of piperazine rings is 1. The van der Waals surface area contributed by atoms with Gasteiger partial charge >= 0.3 is 0 Å². The molecule has 3 rings (SSSR count). The Morgan fingerprint density at radius 1 is 1.19 bits per heavy atom. The van der Waals surface area contributed by atoms with Gasteiger partial charge in [-0.05, 0) is 37.2 Å². The van der Waals surface area contributed by atoms with Gasteiger partial charge in [0.2, 0.25) is 5.95 Å². The van der Waals surface area contributed by atoms with Crippen LogP contribution in [0.3, 0.4) is 0 Å². The van der Waals surface area contributed by atoms with Crippen LogP contribution in [0.2, 0.25) is 0 Å². The van der Waals surface area contributed by atoms with Crippen molar-refractivity contribution in [2.45, 2.75) is 38.6 Å². The molecule has 0 bridgehead atoms. The molecule has 0 spiro atoms. The van der Waals surface area contributed by atoms with Gasteiger partial charge in [0.15, 0.2) is 0 Å². The van der Waals surface area contributed by atoms with Crippen molar-refractivity contribution in [3.63, 3.8) is 0 Å². The summed E-state index contributed by atoms with van der Waals surface area (Å²) in [5.74, 6) is 1.85. The van der Waals surface area contributed by atoms with Gasteiger partial charge in [0.25, 0.3) is 0 Å². The Hall–Kier alpha value is -1.20. The van der Waals surface area contributed by atoms with Gasteiger partial charge < -0.3 is 10.6 Å². The summed E-state index contributed by atoms with van der Waals surface area (Å²) in [6.45, 7) is 7.77. The number of anilines is 1. The summed E-state index contributed by atoms with van der Waals surface area (Å²) in [4.78, 5) is 13.9. The largest absolute Gasteiger partial charge is 0.338 e. The maximum Gasteiger partial charge on any atom is 0.225 e. The van der Waals surface area contributed by atoms with E-state index in [0.717, 1.165) is 56.5 Å². The highest BCUT2D eigenvalue weighted by molar-refractivity contribution is 5.30. The molecule has 1 unspecified atom stereocenters. The molecule has 0 aromatic carbocycles. The zero-order valence-electron chi connectivity index (χ0n) is 13.0. The van der Waals surface area contributed by atoms with Crippen LogP contribution >= 0.6 is 0 Å². The second-order valence-electron chi connectivity index (χ2n) is 6.49. The van der Waals surface area contributed by atoms with E-state index in [4.69, 9.17) is 5.73 Å². The SMILES string of the molecule is CCC(N)Cc1cnc(N2CCN(CC3CC3)CC2)nc1. The van der Waals surface area contributed by atoms with Gasteiger partial charge in [-0.1, -0.05) is 6.92 Å². The van der Waals surface area contributed by atoms with Crippen molar-refractivity contribution >= 4 is 5.95 Å². The quantitative estimate of drug-likeness (QED) is 0.855. The molecule has 21 heavy (non-hydrogen) atoms. The molecule has 2 fully saturated rings. The zero-order valence-corrected chi connectivity index (χ0v) is 13.0. The Balaban J connectivity index is 1.50. The van der Waals surface area contributed by atoms with Gasteiger partial charge in [-0.3, -0.25) is 4.90 Å². The monoisotopic (exact) mass is 289 g/mol. The Morgan fingerprint density at radius 3 is 2.43 bits per heavy atom. The molecule has 0 radical (unpaired) electrons. The third-order valence-corrected chi connectivity index (χ3v) is 4.58. The zero-order chi connectivity index (χ0) is 14.7. The first-order valence-corrected chi connectivity index (χ1v) is 8.28. The van der Waals surface area contributed by atoms with Crippen LogP contribution in [0.1, 0.15) is 31.7 Å². The number of nitrogens with zero attached hydrogens (tertiary/aromatic N) is 4. The Labute approximate surface area is 127 Å². The third-order valence-electron chi connectivity index (χ3n) is 4.58. The normalized spacial score (nSPS) is 21.5. The Kier molecular flexibility index (Phi) is 4.70. The van der Waals surface area contributed by atoms with Crippen LogP contribution in [0.4, 0.5) is 5.95 Å². The highest BCUT2D eigenvalue weighted by Crippen LogP contribution is 2.30. The molecule has 2 aliphatic rings. The minimum atomic E-state index is 0.213. The number of aromatic nitrogens is 2. The van der Waals surface area contributed by atoms with E-state index in [0.29, 0.717) is 0 Å². The highest BCUT2D eigenvalue weighted by Gasteiger charge is 2.26. The molecule has 1 saturated carbocycles. The lowest BCUT2D eigenvalue weighted by atomic mass is 10.1. The molecule has 116 valence electrons. The van der Waals surface area contributed by atoms with Gasteiger partial charge in [0, 0.05) is 51.2 Å². The lowest BCUT2D eigenvalue weighted by molar-refractivity contribution is 0.247. The van der Waals surface area contributed by atoms with Crippen molar-refractivity contribution in [3.8, 4) is 0 Å². The molecule has 1 aliphatic heterocycles. The molecule has 1 atom stereocenters. The molecular formula is C16H27N5. The molecule has 2 heterocycles. The van der Waals surface area contributed by atoms with Gasteiger partial charge in [0.05, 0.1) is 0 Å². The van der Waals surface area contributed by atoms with E-state index in [1.165, 1.54) is 19.4 Å². The molecule has 0 amide bonds. The predicted octanol–water partition coefficient (Wildman–Crippen LogP) is 1.29. The molecular weight excluding hydrogens is 262 g/mol. The molecule has 1 aromatic rings. The summed E-state index contributed by atoms with van der Waals surface area (Å²) in [6.07, 6.45) is 8.61. The minimum absolute atomic E-state index is 0.213. The van der Waals surface area contributed by atoms with E-state index < -0.39 is 0 Å². The smallest absolute Gasteiger partial charge is 0.225 e. The van der Waals surface area contributed by atoms with E-state index in [1.54, 1.807) is 0 Å². The van der Waals surface area contributed by atoms with Crippen LogP contribution in [0, 0.1) is 5.92 Å². The first kappa shape index (κ1) is 14.7. The number of hydrogen-bond donors (Lipinski definition) is 1. The summed E-state index contributed by atoms with van der Waals surface area (Å²) in [5.41, 5.74) is 7.11. The van der Waals surface area contributed by atoms with Crippen LogP contribution in [0.15, 0.2) is 12.4 Å². The fraction of sp³-hybridized carbons (Fsp3) is 0.750. The molecule has 1 aliphatic carbocycles. The van der Waals surface area contributed by atoms with Gasteiger partial charge in [-0.25, -0.2) is 9.97 Å². The van der Waals surface area contributed by atoms with Crippen LogP contribution < -0.4 is 10.6 Å². The average Bonchev–Trinajstić information content (AvgIpc) is 3.33. The van der Waals surface area contributed by atoms with Crippen molar-refractivity contribution in [2.24, 2.45) is 11.7 Å². The van der Waals surface area contributed by atoms with E-state index in [1.807, 2.05) is 12.4 Å². The van der Waals surface area contributed by atoms with Gasteiger partial charge in [0.1, 0.15) is 0 Å². The van der Waals surface area contributed by atoms with E-state index in [-0.39, 0.29) is 6.04 Å². The molecule has 5 heteroatoms. The van der Waals surface area contributed by atoms with E-state index in [9.17, 15) is 0 Å². The number of hydrogen-bond acceptors (Lipinski definition) is 5. The van der Waals surface area contributed by atoms with Crippen molar-refractivity contribution in [1.29, 1.82) is 0 Å². The lowest BCUT2D eigenvalue weighted by Crippen LogP contribution is -2.47. The summed E-state index contributed by atoms with van der Waals surface area (Å²) in [6, 6.07) is 0.213. The molecule has 5 nitrogen and oxygen atoms in total. The van der Waals surface area contributed by atoms with Gasteiger partial charge in [-0.15, -0.1) is 0 Å². The van der Waals surface area contributed by atoms with Crippen molar-refractivity contribution in [1.82, 2.24) is 14.9 Å². The Bertz CT molecular complexity index is 434. The van der Waals surface area contributed by atoms with E-state index in [2.05, 4.69) is 26.7 Å². The fourth-order valence-electron chi connectivity index (χ4n) is 2.86. The number of nitrogens with two attached hydrogens (primary N) is 1. The summed E-state index contributed by atoms with van der Waals surface area (Å²) >= 11 is 0. The van der Waals surface area contributed by atoms with E-state index >= 15 is 0 Å². The van der Waals surface area contributed by atoms with Crippen molar-refractivity contribution < 1.29 is 0 Å². The van der Waals surface area contributed by atoms with Crippen LogP contribution in [0.5, 0.6) is 0 Å². The van der Waals surface area contributed by atoms with Crippen molar-refractivity contribution in [3.05, 3.63) is 18.0 Å². The number of rotatable bonds is 6. The summed E-state index contributed by atoms with van der Waals surface area (Å²) in [7, 11) is 0. The maximum atomic E-state index is 5.97. The lowest BCUT2D eigenvalue weighted by Gasteiger charge is -2.34. The topological polar surface area (TPSA) is 58.3 Å². The highest BCUT2D eigenvalue weighted by atomic mass is 15.3. The fourth-order valence-corrected chi connectivity index (χ4v) is 2.86. The second kappa shape index (κ2) is 6.71. The summed E-state index contributed by atoms with van der Waals surface area (Å²) in [5, 5.41) is 0. The second-order valence-corrected chi connectivity index (χ2v) is 6.49. The average molecular weight is 289 g/mol. The summed E-state index contributed by atoms with van der Waals surface area (Å²) < 4.78 is 0. The molecule has 1 saturated heterocycles. The molecule has 1 aromatic heterocycles. The van der Waals surface area contributed by atoms with Crippen LogP contribution in [-0.2, 0) is 6.42 Å². The van der Waals surface area contributed by atoms with Crippen LogP contribution in [0.25, 0.3) is 0 Å². The van der Waals surface area contributed by atoms with Crippen molar-refractivity contribution in [2.75, 3.05) is 37.6 Å². The van der Waals surface area contributed by atoms with Crippen LogP contribution in [-0.4, -0.2) is 53.6 Å². The maximum absolute atomic E-state index is 5.97. The standard InChI is InChI=1S/C16H27N5/c1-2-15(17)9-14-10-18-16(19-11-14)21-7-5-20(6-8-21)12-13-3-4-13/h10-11,13,15H,2-9,12,17H2,1H3. The molecule has 2 N–H and O–H groups in total. The first-order chi connectivity index (χ1) is 10.2. The Morgan fingerprint density at radius 2 is 1.86 bits per heavy atom.